The molecule has 0 aliphatic heterocycles. The Balaban J connectivity index is 2.10. The van der Waals surface area contributed by atoms with E-state index in [4.69, 9.17) is 5.73 Å². The van der Waals surface area contributed by atoms with E-state index in [0.29, 0.717) is 12.1 Å². The molecule has 1 aliphatic carbocycles. The minimum atomic E-state index is 0.212. The summed E-state index contributed by atoms with van der Waals surface area (Å²) in [5.74, 6) is 0.948. The highest BCUT2D eigenvalue weighted by Crippen LogP contribution is 2.37. The van der Waals surface area contributed by atoms with E-state index in [1.165, 1.54) is 40.8 Å². The zero-order valence-electron chi connectivity index (χ0n) is 13.5. The topological polar surface area (TPSA) is 29.3 Å². The molecule has 0 aromatic carbocycles. The van der Waals surface area contributed by atoms with E-state index >= 15 is 0 Å². The Labute approximate surface area is 142 Å². The lowest BCUT2D eigenvalue weighted by Gasteiger charge is -2.40. The normalized spacial score (nSPS) is 26.0. The second-order valence-corrected chi connectivity index (χ2v) is 8.90. The van der Waals surface area contributed by atoms with Crippen LogP contribution in [0.4, 0.5) is 0 Å². The van der Waals surface area contributed by atoms with Crippen molar-refractivity contribution < 1.29 is 0 Å². The molecule has 2 unspecified atom stereocenters. The summed E-state index contributed by atoms with van der Waals surface area (Å²) in [6.45, 7) is 4.52. The van der Waals surface area contributed by atoms with Gasteiger partial charge in [-0.05, 0) is 73.1 Å². The molecule has 0 bridgehead atoms. The number of thiophene rings is 1. The van der Waals surface area contributed by atoms with E-state index < -0.39 is 0 Å². The van der Waals surface area contributed by atoms with Crippen molar-refractivity contribution in [1.29, 1.82) is 0 Å². The molecule has 120 valence electrons. The molecule has 21 heavy (non-hydrogen) atoms. The van der Waals surface area contributed by atoms with Crippen LogP contribution in [-0.4, -0.2) is 24.0 Å². The van der Waals surface area contributed by atoms with Gasteiger partial charge in [-0.1, -0.05) is 20.3 Å². The van der Waals surface area contributed by atoms with Crippen molar-refractivity contribution in [3.05, 3.63) is 20.8 Å². The molecular weight excluding hydrogens is 344 g/mol. The average molecular weight is 373 g/mol. The number of halogens is 1. The highest BCUT2D eigenvalue weighted by molar-refractivity contribution is 9.11. The van der Waals surface area contributed by atoms with E-state index in [-0.39, 0.29) is 6.04 Å². The quantitative estimate of drug-likeness (QED) is 0.744. The average Bonchev–Trinajstić information content (AvgIpc) is 2.93. The van der Waals surface area contributed by atoms with Crippen LogP contribution in [0.3, 0.4) is 0 Å². The van der Waals surface area contributed by atoms with Crippen LogP contribution in [-0.2, 0) is 0 Å². The molecule has 1 saturated carbocycles. The van der Waals surface area contributed by atoms with Crippen LogP contribution in [0.15, 0.2) is 15.9 Å². The largest absolute Gasteiger partial charge is 0.326 e. The third kappa shape index (κ3) is 4.31. The highest BCUT2D eigenvalue weighted by atomic mass is 79.9. The van der Waals surface area contributed by atoms with Gasteiger partial charge in [-0.2, -0.15) is 0 Å². The number of nitrogens with two attached hydrogens (primary N) is 1. The molecule has 1 aromatic heterocycles. The first-order valence-corrected chi connectivity index (χ1v) is 9.90. The van der Waals surface area contributed by atoms with Crippen LogP contribution >= 0.6 is 27.3 Å². The molecule has 2 nitrogen and oxygen atoms in total. The zero-order valence-corrected chi connectivity index (χ0v) is 15.9. The summed E-state index contributed by atoms with van der Waals surface area (Å²) in [6, 6.07) is 5.65. The molecule has 2 rings (SSSR count). The van der Waals surface area contributed by atoms with Crippen molar-refractivity contribution >= 4 is 27.3 Å². The van der Waals surface area contributed by atoms with Crippen molar-refractivity contribution in [3.63, 3.8) is 0 Å². The summed E-state index contributed by atoms with van der Waals surface area (Å²) in [5, 5.41) is 0. The van der Waals surface area contributed by atoms with Gasteiger partial charge < -0.3 is 5.73 Å². The molecule has 1 fully saturated rings. The molecule has 2 atom stereocenters. The first kappa shape index (κ1) is 17.5. The number of hydrogen-bond acceptors (Lipinski definition) is 3. The maximum atomic E-state index is 6.47. The predicted molar refractivity (Wildman–Crippen MR) is 96.8 cm³/mol. The summed E-state index contributed by atoms with van der Waals surface area (Å²) in [5.41, 5.74) is 6.47. The van der Waals surface area contributed by atoms with E-state index in [1.807, 2.05) is 11.3 Å². The fourth-order valence-electron chi connectivity index (χ4n) is 3.61. The lowest BCUT2D eigenvalue weighted by atomic mass is 9.83. The molecule has 1 heterocycles. The molecule has 2 N–H and O–H groups in total. The van der Waals surface area contributed by atoms with E-state index in [9.17, 15) is 0 Å². The summed E-state index contributed by atoms with van der Waals surface area (Å²) >= 11 is 5.42. The monoisotopic (exact) mass is 372 g/mol. The fourth-order valence-corrected chi connectivity index (χ4v) is 5.26. The Morgan fingerprint density at radius 2 is 1.95 bits per heavy atom. The predicted octanol–water partition coefficient (Wildman–Crippen LogP) is 5.19. The molecule has 1 aromatic rings. The van der Waals surface area contributed by atoms with Crippen LogP contribution < -0.4 is 5.73 Å². The Morgan fingerprint density at radius 1 is 1.29 bits per heavy atom. The van der Waals surface area contributed by atoms with Gasteiger partial charge in [0, 0.05) is 17.0 Å². The number of likely N-dealkylation sites (N-methyl/N-ethyl adjacent to an activating group) is 1. The van der Waals surface area contributed by atoms with E-state index in [0.717, 1.165) is 12.3 Å². The first-order valence-electron chi connectivity index (χ1n) is 8.29. The van der Waals surface area contributed by atoms with Gasteiger partial charge in [-0.3, -0.25) is 4.90 Å². The van der Waals surface area contributed by atoms with Crippen LogP contribution in [0.25, 0.3) is 0 Å². The Bertz CT molecular complexity index is 426. The Hall–Kier alpha value is 0.1000. The standard InChI is InChI=1S/C17H29BrN2S/c1-4-12-6-8-13(9-7-12)20(3)17(14(19)5-2)15-10-11-16(18)21-15/h10-14,17H,4-9,19H2,1-3H3. The highest BCUT2D eigenvalue weighted by Gasteiger charge is 2.31. The molecule has 4 heteroatoms. The van der Waals surface area contributed by atoms with Gasteiger partial charge in [0.1, 0.15) is 0 Å². The second-order valence-electron chi connectivity index (χ2n) is 6.41. The molecular formula is C17H29BrN2S. The van der Waals surface area contributed by atoms with Crippen molar-refractivity contribution in [2.75, 3.05) is 7.05 Å². The van der Waals surface area contributed by atoms with Crippen molar-refractivity contribution in [1.82, 2.24) is 4.90 Å². The van der Waals surface area contributed by atoms with Gasteiger partial charge in [0.05, 0.1) is 9.83 Å². The van der Waals surface area contributed by atoms with Crippen LogP contribution in [0, 0.1) is 5.92 Å². The zero-order chi connectivity index (χ0) is 15.4. The van der Waals surface area contributed by atoms with Gasteiger partial charge in [-0.25, -0.2) is 0 Å². The molecule has 1 aliphatic rings. The third-order valence-electron chi connectivity index (χ3n) is 5.17. The third-order valence-corrected chi connectivity index (χ3v) is 6.87. The fraction of sp³-hybridized carbons (Fsp3) is 0.765. The first-order chi connectivity index (χ1) is 10.1. The number of nitrogens with zero attached hydrogens (tertiary/aromatic N) is 1. The molecule has 0 saturated heterocycles. The molecule has 0 radical (unpaired) electrons. The lowest BCUT2D eigenvalue weighted by molar-refractivity contribution is 0.105. The van der Waals surface area contributed by atoms with Crippen LogP contribution in [0.5, 0.6) is 0 Å². The van der Waals surface area contributed by atoms with E-state index in [2.05, 4.69) is 53.9 Å². The van der Waals surface area contributed by atoms with Gasteiger partial charge in [0.15, 0.2) is 0 Å². The van der Waals surface area contributed by atoms with E-state index in [1.54, 1.807) is 0 Å². The summed E-state index contributed by atoms with van der Waals surface area (Å²) in [6.07, 6.45) is 7.78. The van der Waals surface area contributed by atoms with Gasteiger partial charge in [-0.15, -0.1) is 11.3 Å². The summed E-state index contributed by atoms with van der Waals surface area (Å²) in [7, 11) is 2.28. The van der Waals surface area contributed by atoms with Gasteiger partial charge >= 0.3 is 0 Å². The molecule has 0 amide bonds. The van der Waals surface area contributed by atoms with Crippen molar-refractivity contribution in [3.8, 4) is 0 Å². The summed E-state index contributed by atoms with van der Waals surface area (Å²) < 4.78 is 1.20. The second kappa shape index (κ2) is 8.09. The van der Waals surface area contributed by atoms with Crippen LogP contribution in [0.1, 0.15) is 63.3 Å². The van der Waals surface area contributed by atoms with Crippen molar-refractivity contribution in [2.45, 2.75) is 70.5 Å². The number of rotatable bonds is 6. The molecule has 0 spiro atoms. The maximum absolute atomic E-state index is 6.47. The van der Waals surface area contributed by atoms with Gasteiger partial charge in [0.25, 0.3) is 0 Å². The SMILES string of the molecule is CCC1CCC(N(C)C(c2ccc(Br)s2)C(N)CC)CC1. The smallest absolute Gasteiger partial charge is 0.0702 e. The van der Waals surface area contributed by atoms with Crippen molar-refractivity contribution in [2.24, 2.45) is 11.7 Å². The minimum absolute atomic E-state index is 0.212. The Kier molecular flexibility index (Phi) is 6.73. The number of hydrogen-bond donors (Lipinski definition) is 1. The maximum Gasteiger partial charge on any atom is 0.0702 e. The summed E-state index contributed by atoms with van der Waals surface area (Å²) in [4.78, 5) is 3.97. The lowest BCUT2D eigenvalue weighted by Crippen LogP contribution is -2.44. The Morgan fingerprint density at radius 3 is 2.43 bits per heavy atom. The van der Waals surface area contributed by atoms with Gasteiger partial charge in [0.2, 0.25) is 0 Å². The van der Waals surface area contributed by atoms with Crippen LogP contribution in [0.2, 0.25) is 0 Å². The minimum Gasteiger partial charge on any atom is -0.326 e.